The number of allylic oxidation sites excluding steroid dienone is 8. The Morgan fingerprint density at radius 1 is 1.12 bits per heavy atom. The molecular formula is C32H31N3O5. The molecule has 2 aromatic rings. The fourth-order valence-electron chi connectivity index (χ4n) is 4.24. The Labute approximate surface area is 233 Å². The largest absolute Gasteiger partial charge is 0.871 e. The zero-order valence-electron chi connectivity index (χ0n) is 23.2. The Hall–Kier alpha value is -4.90. The van der Waals surface area contributed by atoms with E-state index in [0.29, 0.717) is 22.7 Å². The van der Waals surface area contributed by atoms with Crippen molar-refractivity contribution >= 4 is 28.8 Å². The van der Waals surface area contributed by atoms with Gasteiger partial charge in [-0.05, 0) is 48.1 Å². The van der Waals surface area contributed by atoms with E-state index < -0.39 is 17.5 Å². The number of Topliss-reactive ketones (excluding diaryl/α,β-unsaturated/α-hetero) is 1. The van der Waals surface area contributed by atoms with Crippen LogP contribution in [-0.2, 0) is 20.9 Å². The van der Waals surface area contributed by atoms with E-state index in [1.165, 1.54) is 0 Å². The molecule has 0 unspecified atom stereocenters. The van der Waals surface area contributed by atoms with E-state index in [9.17, 15) is 20.0 Å². The fourth-order valence-corrected chi connectivity index (χ4v) is 4.24. The third-order valence-electron chi connectivity index (χ3n) is 6.60. The molecule has 1 aliphatic carbocycles. The highest BCUT2D eigenvalue weighted by Gasteiger charge is 2.31. The molecular weight excluding hydrogens is 506 g/mol. The number of hydrogen-bond acceptors (Lipinski definition) is 6. The summed E-state index contributed by atoms with van der Waals surface area (Å²) in [7, 11) is 3.93. The quantitative estimate of drug-likeness (QED) is 0.323. The maximum Gasteiger partial charge on any atom is 0.309 e. The molecule has 204 valence electrons. The van der Waals surface area contributed by atoms with Crippen LogP contribution < -0.4 is 14.6 Å². The van der Waals surface area contributed by atoms with E-state index in [0.717, 1.165) is 11.3 Å². The van der Waals surface area contributed by atoms with Gasteiger partial charge in [-0.1, -0.05) is 26.5 Å². The second-order valence-corrected chi connectivity index (χ2v) is 10.9. The molecule has 0 fully saturated rings. The van der Waals surface area contributed by atoms with Gasteiger partial charge < -0.3 is 19.8 Å². The van der Waals surface area contributed by atoms with Crippen LogP contribution in [0.15, 0.2) is 95.3 Å². The number of nitriles is 1. The van der Waals surface area contributed by atoms with Crippen LogP contribution in [0, 0.1) is 16.7 Å². The summed E-state index contributed by atoms with van der Waals surface area (Å²) in [5, 5.41) is 31.8. The molecule has 1 aliphatic heterocycles. The maximum absolute atomic E-state index is 13.1. The van der Waals surface area contributed by atoms with E-state index in [4.69, 9.17) is 9.84 Å². The summed E-state index contributed by atoms with van der Waals surface area (Å²) in [5.41, 5.74) is 2.51. The summed E-state index contributed by atoms with van der Waals surface area (Å²) in [6.45, 7) is 6.33. The number of ketones is 1. The lowest BCUT2D eigenvalue weighted by Crippen LogP contribution is -2.34. The summed E-state index contributed by atoms with van der Waals surface area (Å²) in [6, 6.07) is 13.1. The minimum Gasteiger partial charge on any atom is -0.871 e. The minimum atomic E-state index is -0.919. The predicted octanol–water partition coefficient (Wildman–Crippen LogP) is 3.92. The third-order valence-corrected chi connectivity index (χ3v) is 6.60. The van der Waals surface area contributed by atoms with Gasteiger partial charge in [-0.2, -0.15) is 5.26 Å². The topological polar surface area (TPSA) is 118 Å². The number of ether oxygens (including phenoxy) is 1. The molecule has 2 aliphatic rings. The Morgan fingerprint density at radius 3 is 2.30 bits per heavy atom. The summed E-state index contributed by atoms with van der Waals surface area (Å²) < 4.78 is 7.89. The highest BCUT2D eigenvalue weighted by atomic mass is 16.5. The lowest BCUT2D eigenvalue weighted by Gasteiger charge is -2.31. The number of carbonyl (C=O) groups excluding carboxylic acids is 1. The number of pyridine rings is 1. The van der Waals surface area contributed by atoms with Gasteiger partial charge in [0.1, 0.15) is 24.0 Å². The number of carboxylic acids is 1. The first-order valence-corrected chi connectivity index (χ1v) is 12.8. The molecule has 1 N–H and O–H groups in total. The van der Waals surface area contributed by atoms with E-state index in [-0.39, 0.29) is 35.1 Å². The van der Waals surface area contributed by atoms with Crippen LogP contribution in [0.5, 0.6) is 0 Å². The lowest BCUT2D eigenvalue weighted by atomic mass is 9.81. The molecule has 0 amide bonds. The molecule has 0 spiro atoms. The molecule has 0 saturated heterocycles. The van der Waals surface area contributed by atoms with Crippen molar-refractivity contribution in [2.75, 3.05) is 19.0 Å². The van der Waals surface area contributed by atoms with Crippen molar-refractivity contribution in [2.45, 2.75) is 33.7 Å². The molecule has 0 atom stereocenters. The van der Waals surface area contributed by atoms with Crippen molar-refractivity contribution in [3.05, 3.63) is 106 Å². The summed E-state index contributed by atoms with van der Waals surface area (Å²) >= 11 is 0. The van der Waals surface area contributed by atoms with Crippen molar-refractivity contribution in [3.8, 4) is 6.07 Å². The minimum absolute atomic E-state index is 0.00218. The highest BCUT2D eigenvalue weighted by Crippen LogP contribution is 2.39. The number of rotatable bonds is 7. The normalized spacial score (nSPS) is 17.4. The number of carboxylic acid groups (broad SMARTS) is 1. The van der Waals surface area contributed by atoms with Crippen LogP contribution in [0.3, 0.4) is 0 Å². The van der Waals surface area contributed by atoms with Gasteiger partial charge in [0.05, 0.1) is 5.57 Å². The summed E-state index contributed by atoms with van der Waals surface area (Å²) in [6.07, 6.45) is 8.37. The molecule has 1 aromatic carbocycles. The number of aromatic nitrogens is 1. The van der Waals surface area contributed by atoms with Crippen LogP contribution in [0.4, 0.5) is 5.69 Å². The van der Waals surface area contributed by atoms with Crippen LogP contribution >= 0.6 is 0 Å². The Kier molecular flexibility index (Phi) is 7.78. The Balaban J connectivity index is 1.70. The van der Waals surface area contributed by atoms with Gasteiger partial charge in [-0.3, -0.25) is 9.59 Å². The van der Waals surface area contributed by atoms with Crippen molar-refractivity contribution in [3.63, 3.8) is 0 Å². The molecule has 0 radical (unpaired) electrons. The molecule has 8 heteroatoms. The second-order valence-electron chi connectivity index (χ2n) is 10.9. The van der Waals surface area contributed by atoms with E-state index in [1.54, 1.807) is 41.2 Å². The Morgan fingerprint density at radius 2 is 1.77 bits per heavy atom. The van der Waals surface area contributed by atoms with Crippen LogP contribution in [0.25, 0.3) is 11.3 Å². The first-order chi connectivity index (χ1) is 18.9. The molecule has 40 heavy (non-hydrogen) atoms. The highest BCUT2D eigenvalue weighted by molar-refractivity contribution is 6.25. The van der Waals surface area contributed by atoms with E-state index in [1.807, 2.05) is 76.2 Å². The second kappa shape index (κ2) is 11.1. The number of benzene rings is 1. The van der Waals surface area contributed by atoms with Crippen molar-refractivity contribution < 1.29 is 29.1 Å². The number of anilines is 1. The summed E-state index contributed by atoms with van der Waals surface area (Å²) in [4.78, 5) is 25.9. The number of nitrogens with zero attached hydrogens (tertiary/aromatic N) is 3. The monoisotopic (exact) mass is 537 g/mol. The average Bonchev–Trinajstić information content (AvgIpc) is 2.93. The van der Waals surface area contributed by atoms with Gasteiger partial charge in [0.2, 0.25) is 0 Å². The molecule has 4 rings (SSSR count). The van der Waals surface area contributed by atoms with Gasteiger partial charge in [-0.25, -0.2) is 4.57 Å². The summed E-state index contributed by atoms with van der Waals surface area (Å²) in [5.74, 6) is -0.588. The van der Waals surface area contributed by atoms with Crippen LogP contribution in [-0.4, -0.2) is 31.0 Å². The molecule has 1 aromatic heterocycles. The first kappa shape index (κ1) is 28.1. The van der Waals surface area contributed by atoms with Crippen molar-refractivity contribution in [2.24, 2.45) is 5.41 Å². The van der Waals surface area contributed by atoms with Gasteiger partial charge in [0.25, 0.3) is 0 Å². The van der Waals surface area contributed by atoms with Gasteiger partial charge in [-0.15, -0.1) is 0 Å². The smallest absolute Gasteiger partial charge is 0.309 e. The van der Waals surface area contributed by atoms with Crippen LogP contribution in [0.1, 0.15) is 38.3 Å². The molecule has 0 saturated carbocycles. The van der Waals surface area contributed by atoms with Gasteiger partial charge in [0, 0.05) is 59.6 Å². The zero-order chi connectivity index (χ0) is 29.2. The van der Waals surface area contributed by atoms with Gasteiger partial charge >= 0.3 is 5.97 Å². The van der Waals surface area contributed by atoms with Crippen LogP contribution in [0.2, 0.25) is 0 Å². The van der Waals surface area contributed by atoms with Gasteiger partial charge in [0.15, 0.2) is 24.7 Å². The number of carbonyl (C=O) groups is 2. The lowest BCUT2D eigenvalue weighted by molar-refractivity contribution is -0.696. The molecule has 2 heterocycles. The number of hydrogen-bond donors (Lipinski definition) is 1. The predicted molar refractivity (Wildman–Crippen MR) is 149 cm³/mol. The first-order valence-electron chi connectivity index (χ1n) is 12.8. The fraction of sp³-hybridized carbons (Fsp3) is 0.250. The standard InChI is InChI=1S/C32H31N3O5/c1-32(2,3)27-18-20(17-26(40-27)22-6-8-23(9-7-22)34(4)5)16-24-30(38)29(31(24)39)25(19-33)21-10-13-35(14-11-21)15-12-28(36)37/h6-11,13-14,16-18H,12,15H2,1-5H3,(H-,36,37,38,39). The van der Waals surface area contributed by atoms with Crippen molar-refractivity contribution in [1.82, 2.24) is 0 Å². The maximum atomic E-state index is 13.1. The molecule has 8 nitrogen and oxygen atoms in total. The van der Waals surface area contributed by atoms with E-state index in [2.05, 4.69) is 0 Å². The zero-order valence-corrected chi connectivity index (χ0v) is 23.2. The molecule has 0 bridgehead atoms. The average molecular weight is 538 g/mol. The Bertz CT molecular complexity index is 1560. The third kappa shape index (κ3) is 5.89. The SMILES string of the molecule is CN(C)c1ccc(C2=CC(=CC3=C([O-])C(=C(C#N)c4cc[n+](CCC(=O)O)cc4)C3=O)C=C(C(C)(C)C)O2)cc1. The van der Waals surface area contributed by atoms with Crippen molar-refractivity contribution in [1.29, 1.82) is 5.26 Å². The van der Waals surface area contributed by atoms with E-state index >= 15 is 0 Å². The number of aryl methyl sites for hydroxylation is 1. The number of aliphatic carboxylic acids is 1.